The number of hydrogen-bond acceptors (Lipinski definition) is 5. The molecule has 0 radical (unpaired) electrons. The molecule has 206 valence electrons. The molecular formula is C26H30ClF3N4O4. The number of benzodiazepines with no additional fused rings is 1. The summed E-state index contributed by atoms with van der Waals surface area (Å²) < 4.78 is 43.5. The van der Waals surface area contributed by atoms with E-state index in [1.165, 1.54) is 13.5 Å². The molecule has 1 aliphatic rings. The third kappa shape index (κ3) is 8.76. The molecule has 12 heteroatoms. The van der Waals surface area contributed by atoms with E-state index in [0.717, 1.165) is 0 Å². The van der Waals surface area contributed by atoms with Crippen molar-refractivity contribution >= 4 is 40.7 Å². The molecular weight excluding hydrogens is 525 g/mol. The number of amides is 3. The van der Waals surface area contributed by atoms with Crippen LogP contribution in [0.2, 0.25) is 5.02 Å². The van der Waals surface area contributed by atoms with Crippen molar-refractivity contribution in [2.45, 2.75) is 51.9 Å². The van der Waals surface area contributed by atoms with Crippen molar-refractivity contribution in [2.24, 2.45) is 16.6 Å². The highest BCUT2D eigenvalue weighted by Gasteiger charge is 2.34. The number of anilines is 1. The van der Waals surface area contributed by atoms with Crippen LogP contribution < -0.4 is 21.1 Å². The molecule has 0 saturated carbocycles. The first-order valence-electron chi connectivity index (χ1n) is 11.9. The Hall–Kier alpha value is -3.60. The number of nitrogens with two attached hydrogens (primary N) is 1. The summed E-state index contributed by atoms with van der Waals surface area (Å²) in [5, 5.41) is 5.47. The van der Waals surface area contributed by atoms with Crippen molar-refractivity contribution in [3.05, 3.63) is 58.6 Å². The van der Waals surface area contributed by atoms with Gasteiger partial charge in [-0.1, -0.05) is 56.1 Å². The Balaban J connectivity index is 0.00000161. The zero-order valence-corrected chi connectivity index (χ0v) is 21.9. The summed E-state index contributed by atoms with van der Waals surface area (Å²) in [4.78, 5) is 41.6. The molecule has 1 heterocycles. The van der Waals surface area contributed by atoms with E-state index in [2.05, 4.69) is 29.5 Å². The highest BCUT2D eigenvalue weighted by molar-refractivity contribution is 6.31. The number of ether oxygens (including phenoxy) is 1. The second-order valence-corrected chi connectivity index (χ2v) is 8.93. The third-order valence-corrected chi connectivity index (χ3v) is 5.50. The van der Waals surface area contributed by atoms with E-state index in [4.69, 9.17) is 22.1 Å². The predicted molar refractivity (Wildman–Crippen MR) is 139 cm³/mol. The van der Waals surface area contributed by atoms with Crippen LogP contribution in [0, 0.1) is 5.92 Å². The number of benzene rings is 2. The van der Waals surface area contributed by atoms with Crippen LogP contribution in [0.5, 0.6) is 5.75 Å². The second-order valence-electron chi connectivity index (χ2n) is 8.50. The third-order valence-electron chi connectivity index (χ3n) is 5.25. The number of carbonyl (C=O) groups excluding carboxylic acids is 3. The lowest BCUT2D eigenvalue weighted by molar-refractivity contribution is -0.143. The van der Waals surface area contributed by atoms with E-state index in [9.17, 15) is 27.6 Å². The van der Waals surface area contributed by atoms with Gasteiger partial charge in [0.2, 0.25) is 18.0 Å². The van der Waals surface area contributed by atoms with Crippen molar-refractivity contribution in [2.75, 3.05) is 12.4 Å². The SMILES string of the molecule is CCC.COc1cccc2c1NC(=O)C(NC(=O)C(CCC(F)(F)F)CC(N)=O)N=C2c1ccc(Cl)cc1. The van der Waals surface area contributed by atoms with Gasteiger partial charge in [-0.15, -0.1) is 0 Å². The van der Waals surface area contributed by atoms with Crippen LogP contribution in [0.3, 0.4) is 0 Å². The van der Waals surface area contributed by atoms with E-state index in [1.54, 1.807) is 42.5 Å². The van der Waals surface area contributed by atoms with Gasteiger partial charge in [0, 0.05) is 34.9 Å². The second kappa shape index (κ2) is 13.8. The first-order chi connectivity index (χ1) is 17.9. The molecule has 2 atom stereocenters. The van der Waals surface area contributed by atoms with Gasteiger partial charge in [0.15, 0.2) is 0 Å². The number of hydrogen-bond donors (Lipinski definition) is 3. The van der Waals surface area contributed by atoms with Crippen molar-refractivity contribution < 1.29 is 32.3 Å². The van der Waals surface area contributed by atoms with Crippen LogP contribution in [0.25, 0.3) is 0 Å². The molecule has 8 nitrogen and oxygen atoms in total. The lowest BCUT2D eigenvalue weighted by Gasteiger charge is -2.19. The molecule has 0 aromatic heterocycles. The van der Waals surface area contributed by atoms with Gasteiger partial charge in [-0.05, 0) is 24.6 Å². The normalized spacial score (nSPS) is 15.5. The van der Waals surface area contributed by atoms with Crippen molar-refractivity contribution in [3.63, 3.8) is 0 Å². The Bertz CT molecular complexity index is 1170. The minimum absolute atomic E-state index is 0.302. The fourth-order valence-electron chi connectivity index (χ4n) is 3.57. The monoisotopic (exact) mass is 554 g/mol. The molecule has 0 bridgehead atoms. The van der Waals surface area contributed by atoms with Crippen molar-refractivity contribution in [3.8, 4) is 5.75 Å². The number of para-hydroxylation sites is 1. The molecule has 3 rings (SSSR count). The van der Waals surface area contributed by atoms with Crippen LogP contribution in [0.4, 0.5) is 18.9 Å². The molecule has 0 spiro atoms. The van der Waals surface area contributed by atoms with Gasteiger partial charge in [-0.3, -0.25) is 14.4 Å². The van der Waals surface area contributed by atoms with Gasteiger partial charge in [0.25, 0.3) is 5.91 Å². The van der Waals surface area contributed by atoms with Gasteiger partial charge in [0.05, 0.1) is 18.5 Å². The lowest BCUT2D eigenvalue weighted by Crippen LogP contribution is -2.45. The van der Waals surface area contributed by atoms with Crippen LogP contribution in [0.1, 0.15) is 50.7 Å². The van der Waals surface area contributed by atoms with E-state index in [0.29, 0.717) is 33.3 Å². The van der Waals surface area contributed by atoms with Gasteiger partial charge in [-0.2, -0.15) is 13.2 Å². The van der Waals surface area contributed by atoms with Gasteiger partial charge < -0.3 is 21.1 Å². The summed E-state index contributed by atoms with van der Waals surface area (Å²) in [5.74, 6) is -3.70. The summed E-state index contributed by atoms with van der Waals surface area (Å²) in [6.07, 6.45) is -7.37. The number of nitrogens with one attached hydrogen (secondary N) is 2. The predicted octanol–water partition coefficient (Wildman–Crippen LogP) is 4.83. The number of rotatable bonds is 8. The Labute approximate surface area is 223 Å². The summed E-state index contributed by atoms with van der Waals surface area (Å²) in [7, 11) is 1.42. The number of aliphatic imine (C=N–C) groups is 1. The van der Waals surface area contributed by atoms with Crippen molar-refractivity contribution in [1.82, 2.24) is 5.32 Å². The minimum atomic E-state index is -4.53. The Morgan fingerprint density at radius 1 is 1.18 bits per heavy atom. The van der Waals surface area contributed by atoms with E-state index >= 15 is 0 Å². The first kappa shape index (κ1) is 30.6. The molecule has 2 aromatic carbocycles. The zero-order chi connectivity index (χ0) is 28.5. The van der Waals surface area contributed by atoms with Crippen LogP contribution in [-0.4, -0.2) is 42.9 Å². The number of alkyl halides is 3. The highest BCUT2D eigenvalue weighted by atomic mass is 35.5. The summed E-state index contributed by atoms with van der Waals surface area (Å²) in [6.45, 7) is 4.25. The van der Waals surface area contributed by atoms with Crippen LogP contribution in [-0.2, 0) is 14.4 Å². The van der Waals surface area contributed by atoms with Gasteiger partial charge in [-0.25, -0.2) is 4.99 Å². The lowest BCUT2D eigenvalue weighted by atomic mass is 9.97. The Kier molecular flexibility index (Phi) is 11.1. The fourth-order valence-corrected chi connectivity index (χ4v) is 3.70. The quantitative estimate of drug-likeness (QED) is 0.432. The standard InChI is InChI=1S/C23H22ClF3N4O4.C3H8/c1-35-16-4-2-3-15-18(12-5-7-14(24)8-6-12)29-20(22(34)30-19(15)16)31-21(33)13(11-17(28)32)9-10-23(25,26)27;1-3-2/h2-8,13,20H,9-11H2,1H3,(H2,28,32)(H,30,34)(H,31,33);3H2,1-2H3. The smallest absolute Gasteiger partial charge is 0.389 e. The Morgan fingerprint density at radius 2 is 1.82 bits per heavy atom. The maximum Gasteiger partial charge on any atom is 0.389 e. The minimum Gasteiger partial charge on any atom is -0.495 e. The molecule has 0 saturated heterocycles. The topological polar surface area (TPSA) is 123 Å². The molecule has 3 amide bonds. The molecule has 0 fully saturated rings. The molecule has 2 unspecified atom stereocenters. The molecule has 38 heavy (non-hydrogen) atoms. The fraction of sp³-hybridized carbons (Fsp3) is 0.385. The molecule has 0 aliphatic carbocycles. The van der Waals surface area contributed by atoms with E-state index in [-0.39, 0.29) is 0 Å². The zero-order valence-electron chi connectivity index (χ0n) is 21.2. The summed E-state index contributed by atoms with van der Waals surface area (Å²) >= 11 is 5.99. The average Bonchev–Trinajstić information content (AvgIpc) is 2.98. The maximum absolute atomic E-state index is 13.0. The Morgan fingerprint density at radius 3 is 2.37 bits per heavy atom. The molecule has 1 aliphatic heterocycles. The van der Waals surface area contributed by atoms with E-state index < -0.39 is 55.2 Å². The highest BCUT2D eigenvalue weighted by Crippen LogP contribution is 2.33. The van der Waals surface area contributed by atoms with Gasteiger partial charge >= 0.3 is 6.18 Å². The molecule has 4 N–H and O–H groups in total. The van der Waals surface area contributed by atoms with Crippen LogP contribution >= 0.6 is 11.6 Å². The maximum atomic E-state index is 13.0. The number of fused-ring (bicyclic) bond motifs is 1. The van der Waals surface area contributed by atoms with Gasteiger partial charge in [0.1, 0.15) is 5.75 Å². The number of carbonyl (C=O) groups is 3. The summed E-state index contributed by atoms with van der Waals surface area (Å²) in [5.41, 5.74) is 6.78. The number of halogens is 4. The number of primary amides is 1. The molecule has 2 aromatic rings. The van der Waals surface area contributed by atoms with Crippen molar-refractivity contribution in [1.29, 1.82) is 0 Å². The first-order valence-corrected chi connectivity index (χ1v) is 12.2. The largest absolute Gasteiger partial charge is 0.495 e. The average molecular weight is 555 g/mol. The van der Waals surface area contributed by atoms with E-state index in [1.807, 2.05) is 0 Å². The number of methoxy groups -OCH3 is 1. The summed E-state index contributed by atoms with van der Waals surface area (Å²) in [6, 6.07) is 11.6. The van der Waals surface area contributed by atoms with Crippen LogP contribution in [0.15, 0.2) is 47.5 Å². The number of nitrogens with zero attached hydrogens (tertiary/aromatic N) is 1.